The molecule has 5 aliphatic heterocycles. The summed E-state index contributed by atoms with van der Waals surface area (Å²) in [7, 11) is 0. The number of benzene rings is 2. The van der Waals surface area contributed by atoms with Crippen LogP contribution in [-0.2, 0) is 4.79 Å². The summed E-state index contributed by atoms with van der Waals surface area (Å²) < 4.78 is 51.6. The molecule has 0 spiro atoms. The molecule has 150 heavy (non-hydrogen) atoms. The average Bonchev–Trinajstić information content (AvgIpc) is 1.76. The van der Waals surface area contributed by atoms with Gasteiger partial charge in [0.05, 0.1) is 85.8 Å². The van der Waals surface area contributed by atoms with Crippen LogP contribution in [0.1, 0.15) is 229 Å². The second-order valence-electron chi connectivity index (χ2n) is 40.8. The van der Waals surface area contributed by atoms with E-state index in [9.17, 15) is 56.3 Å². The number of fused-ring (bicyclic) bond motifs is 6. The van der Waals surface area contributed by atoms with Gasteiger partial charge in [0.25, 0.3) is 47.3 Å². The SMILES string of the molecule is CC1(F)CCN(C(=O)c2cnc3c(ccn3-c3ccc(C(=O)NCCNC(=O)C(C)(C)C)cc3)c2)CC1.CC1(F)CCN(C(=O)c2cnc3c(ccn3-c3ccc4[nH]ncc4c3)c2)CC1.CC1CCN(C(=O)c2cnc3c(ccn3-c3ccc(C(N)=O)nc3)c2)CC1.CCC(CC)NC(=O)c1cncc(-n2ccc3cc(C(=O)N4CCC(C)(F)CC4)cnc32)c1.Nc1ncc(-n2ccc3cc(C(=O)N4CCCCC4)cnc32)cc1Cl. The smallest absolute Gasteiger partial charge is 0.267 e. The number of pyridine rings is 8. The first-order valence-corrected chi connectivity index (χ1v) is 51.2. The summed E-state index contributed by atoms with van der Waals surface area (Å²) in [4.78, 5) is 156. The van der Waals surface area contributed by atoms with Crippen molar-refractivity contribution in [1.29, 1.82) is 0 Å². The second kappa shape index (κ2) is 45.3. The Bertz CT molecular complexity index is 7660. The third-order valence-electron chi connectivity index (χ3n) is 28.3. The number of H-pyrrole nitrogens is 1. The number of piperidine rings is 5. The van der Waals surface area contributed by atoms with Crippen molar-refractivity contribution in [2.45, 2.75) is 169 Å². The van der Waals surface area contributed by atoms with Crippen molar-refractivity contribution in [3.8, 4) is 28.4 Å². The summed E-state index contributed by atoms with van der Waals surface area (Å²) in [5.74, 6) is -0.281. The molecule has 16 aromatic rings. The third-order valence-corrected chi connectivity index (χ3v) is 28.6. The minimum absolute atomic E-state index is 0.0385. The average molecular weight is 2060 g/mol. The maximum Gasteiger partial charge on any atom is 0.267 e. The topological polar surface area (TPSA) is 414 Å². The Kier molecular flexibility index (Phi) is 31.8. The van der Waals surface area contributed by atoms with E-state index in [1.165, 1.54) is 6.42 Å². The number of nitrogens with zero attached hydrogens (tertiary/aromatic N) is 19. The van der Waals surface area contributed by atoms with Crippen molar-refractivity contribution in [3.63, 3.8) is 0 Å². The molecule has 2 aromatic carbocycles. The van der Waals surface area contributed by atoms with Gasteiger partial charge in [-0.05, 0) is 238 Å². The first-order valence-electron chi connectivity index (χ1n) is 50.8. The molecule has 778 valence electrons. The largest absolute Gasteiger partial charge is 0.382 e. The molecular weight excluding hydrogens is 1930 g/mol. The number of rotatable bonds is 19. The van der Waals surface area contributed by atoms with Gasteiger partial charge >= 0.3 is 0 Å². The van der Waals surface area contributed by atoms with Crippen LogP contribution in [0.4, 0.5) is 19.0 Å². The highest BCUT2D eigenvalue weighted by Gasteiger charge is 2.37. The lowest BCUT2D eigenvalue weighted by atomic mass is 9.95. The molecule has 0 saturated carbocycles. The Morgan fingerprint density at radius 2 is 0.793 bits per heavy atom. The molecule has 0 atom stereocenters. The third kappa shape index (κ3) is 24.6. The van der Waals surface area contributed by atoms with Gasteiger partial charge in [0, 0.05) is 207 Å². The van der Waals surface area contributed by atoms with Crippen LogP contribution in [0.25, 0.3) is 94.5 Å². The van der Waals surface area contributed by atoms with E-state index in [1.54, 1.807) is 134 Å². The van der Waals surface area contributed by atoms with Gasteiger partial charge in [-0.15, -0.1) is 0 Å². The summed E-state index contributed by atoms with van der Waals surface area (Å²) >= 11 is 6.06. The standard InChI is InChI=1S/C28H34FN5O3.C25H30FN5O2.C21H20FN5O.C20H21N5O2.C18H18ClN5O/c1-27(2,3)26(37)31-13-12-30-24(35)19-5-7-22(8-6-19)34-14-9-20-17-21(18-32-23(20)34)25(36)33-15-10-28(4,29)11-16-33;1-4-20(5-2)29-23(32)18-13-21(16-27-14-18)31-9-6-17-12-19(15-28-22(17)31)24(33)30-10-7-25(3,26)8-11-30;1-21(22)5-8-26(9-6-21)20(28)16-10-14-4-7-27(19(14)23-12-16)17-2-3-18-15(11-17)13-24-25-18;1-13-4-7-24(8-5-13)20(27)15-10-14-6-9-25(19(14)23-11-15)16-2-3-17(18(21)26)22-12-16;19-15-9-14(11-21-16(15)20)24-7-4-12-8-13(10-22-17(12)24)18(25)23-5-2-1-3-6-23/h5-9,14,17-18H,10-13,15-16H2,1-4H3,(H,30,35)(H,31,37);6,9,12-16,20H,4-5,7-8,10-11H2,1-3H3,(H,29,32);2-4,7,10-13H,5-6,8-9H2,1H3,(H,24,25);2-3,6,9-13H,4-5,7-8H2,1H3,(H2,21,26);4,7-11H,1-3,5-6H2,(H2,20,21). The van der Waals surface area contributed by atoms with E-state index in [2.05, 4.69) is 72.9 Å². The van der Waals surface area contributed by atoms with Crippen molar-refractivity contribution >= 4 is 137 Å². The van der Waals surface area contributed by atoms with Gasteiger partial charge in [-0.3, -0.25) is 66.9 Å². The lowest BCUT2D eigenvalue weighted by Gasteiger charge is -2.34. The van der Waals surface area contributed by atoms with E-state index in [1.807, 2.05) is 189 Å². The first-order chi connectivity index (χ1) is 71.9. The number of hydrogen-bond acceptors (Lipinski definition) is 19. The molecule has 38 heteroatoms. The molecule has 5 fully saturated rings. The monoisotopic (exact) mass is 2050 g/mol. The molecule has 0 aliphatic carbocycles. The number of hydrogen-bond donors (Lipinski definition) is 6. The fourth-order valence-electron chi connectivity index (χ4n) is 18.8. The first kappa shape index (κ1) is 105. The van der Waals surface area contributed by atoms with Crippen LogP contribution < -0.4 is 27.4 Å². The van der Waals surface area contributed by atoms with Gasteiger partial charge in [0.2, 0.25) is 5.91 Å². The number of aromatic nitrogens is 15. The number of carbonyl (C=O) groups is 9. The number of nitrogen functional groups attached to an aromatic ring is 1. The Labute approximate surface area is 870 Å². The lowest BCUT2D eigenvalue weighted by Crippen LogP contribution is -2.43. The van der Waals surface area contributed by atoms with Crippen LogP contribution >= 0.6 is 11.6 Å². The molecule has 5 aliphatic rings. The molecule has 34 nitrogen and oxygen atoms in total. The number of nitrogens with two attached hydrogens (primary N) is 2. The van der Waals surface area contributed by atoms with Crippen molar-refractivity contribution in [2.75, 3.05) is 84.3 Å². The zero-order valence-corrected chi connectivity index (χ0v) is 86.2. The van der Waals surface area contributed by atoms with E-state index < -0.39 is 28.3 Å². The van der Waals surface area contributed by atoms with Crippen LogP contribution in [0.15, 0.2) is 220 Å². The normalized spacial score (nSPS) is 15.6. The second-order valence-corrected chi connectivity index (χ2v) is 41.2. The highest BCUT2D eigenvalue weighted by Crippen LogP contribution is 2.35. The summed E-state index contributed by atoms with van der Waals surface area (Å²) in [6.07, 6.45) is 35.0. The highest BCUT2D eigenvalue weighted by molar-refractivity contribution is 6.33. The van der Waals surface area contributed by atoms with Gasteiger partial charge in [-0.1, -0.05) is 53.1 Å². The summed E-state index contributed by atoms with van der Waals surface area (Å²) in [6, 6.07) is 39.0. The van der Waals surface area contributed by atoms with Crippen LogP contribution in [0.3, 0.4) is 0 Å². The van der Waals surface area contributed by atoms with Gasteiger partial charge in [0.15, 0.2) is 0 Å². The number of amides is 9. The molecule has 5 saturated heterocycles. The Hall–Kier alpha value is -16.1. The van der Waals surface area contributed by atoms with Crippen LogP contribution in [-0.4, -0.2) is 252 Å². The number of likely N-dealkylation sites (tertiary alicyclic amines) is 5. The predicted octanol–water partition coefficient (Wildman–Crippen LogP) is 17.7. The van der Waals surface area contributed by atoms with Crippen molar-refractivity contribution in [1.82, 2.24) is 113 Å². The van der Waals surface area contributed by atoms with Gasteiger partial charge in [-0.2, -0.15) is 5.10 Å². The zero-order valence-electron chi connectivity index (χ0n) is 85.5. The molecule has 21 rings (SSSR count). The molecular formula is C112H123ClF3N25O9. The fourth-order valence-corrected chi connectivity index (χ4v) is 18.9. The molecule has 0 unspecified atom stereocenters. The number of alkyl halides is 3. The van der Waals surface area contributed by atoms with E-state index in [0.717, 1.165) is 142 Å². The quantitative estimate of drug-likeness (QED) is 0.0409. The maximum atomic E-state index is 14.1. The highest BCUT2D eigenvalue weighted by atomic mass is 35.5. The minimum atomic E-state index is -1.21. The van der Waals surface area contributed by atoms with Crippen LogP contribution in [0.2, 0.25) is 5.02 Å². The van der Waals surface area contributed by atoms with E-state index in [0.29, 0.717) is 164 Å². The Morgan fingerprint density at radius 3 is 1.21 bits per heavy atom. The molecule has 19 heterocycles. The summed E-state index contributed by atoms with van der Waals surface area (Å²) in [6.45, 7) is 23.0. The molecule has 0 bridgehead atoms. The molecule has 14 aromatic heterocycles. The van der Waals surface area contributed by atoms with E-state index in [-0.39, 0.29) is 59.0 Å². The van der Waals surface area contributed by atoms with Gasteiger partial charge < -0.3 is 61.1 Å². The number of anilines is 1. The molecule has 8 N–H and O–H groups in total. The zero-order chi connectivity index (χ0) is 106. The summed E-state index contributed by atoms with van der Waals surface area (Å²) in [5, 5.41) is 21.4. The molecule has 0 radical (unpaired) electrons. The van der Waals surface area contributed by atoms with Gasteiger partial charge in [0.1, 0.15) is 56.8 Å². The van der Waals surface area contributed by atoms with Crippen molar-refractivity contribution in [2.24, 2.45) is 17.1 Å². The van der Waals surface area contributed by atoms with Crippen LogP contribution in [0, 0.1) is 11.3 Å². The number of primary amides is 1. The van der Waals surface area contributed by atoms with Crippen molar-refractivity contribution < 1.29 is 56.3 Å². The van der Waals surface area contributed by atoms with Crippen molar-refractivity contribution in [3.05, 3.63) is 270 Å². The Balaban J connectivity index is 0.000000128. The number of halogens is 4. The van der Waals surface area contributed by atoms with Gasteiger partial charge in [-0.25, -0.2) is 48.1 Å². The van der Waals surface area contributed by atoms with Crippen LogP contribution in [0.5, 0.6) is 0 Å². The summed E-state index contributed by atoms with van der Waals surface area (Å²) in [5.41, 5.74) is 19.5. The fraction of sp³-hybridized carbons (Fsp3) is 0.357. The number of nitrogens with one attached hydrogen (secondary N) is 4. The minimum Gasteiger partial charge on any atom is -0.382 e. The van der Waals surface area contributed by atoms with E-state index in [4.69, 9.17) is 23.1 Å². The molecule has 9 amide bonds. The maximum absolute atomic E-state index is 14.1. The predicted molar refractivity (Wildman–Crippen MR) is 571 cm³/mol. The van der Waals surface area contributed by atoms with E-state index >= 15 is 0 Å². The number of carbonyl (C=O) groups excluding carboxylic acids is 9. The Morgan fingerprint density at radius 1 is 0.407 bits per heavy atom. The lowest BCUT2D eigenvalue weighted by molar-refractivity contribution is -0.128. The number of aromatic amines is 1.